The molecule has 2 aromatic carbocycles. The van der Waals surface area contributed by atoms with E-state index in [1.54, 1.807) is 6.92 Å². The molecular formula is C19H14N2O5S. The number of hydrogen-bond donors (Lipinski definition) is 0. The highest BCUT2D eigenvalue weighted by Crippen LogP contribution is 2.30. The number of non-ortho nitro benzene ring substituents is 1. The van der Waals surface area contributed by atoms with Crippen molar-refractivity contribution in [3.63, 3.8) is 0 Å². The highest BCUT2D eigenvalue weighted by atomic mass is 32.1. The van der Waals surface area contributed by atoms with Crippen LogP contribution in [0.2, 0.25) is 0 Å². The molecule has 0 bridgehead atoms. The number of benzene rings is 2. The number of ketones is 1. The van der Waals surface area contributed by atoms with Gasteiger partial charge in [0.15, 0.2) is 0 Å². The number of ether oxygens (including phenoxy) is 1. The third-order valence-corrected chi connectivity index (χ3v) is 4.73. The van der Waals surface area contributed by atoms with Crippen LogP contribution in [0.15, 0.2) is 54.6 Å². The summed E-state index contributed by atoms with van der Waals surface area (Å²) in [5, 5.41) is 11.5. The van der Waals surface area contributed by atoms with Crippen LogP contribution < -0.4 is 0 Å². The van der Waals surface area contributed by atoms with E-state index < -0.39 is 16.7 Å². The van der Waals surface area contributed by atoms with Gasteiger partial charge in [0, 0.05) is 23.3 Å². The van der Waals surface area contributed by atoms with Crippen LogP contribution in [0, 0.1) is 10.1 Å². The maximum atomic E-state index is 12.9. The fourth-order valence-corrected chi connectivity index (χ4v) is 3.37. The van der Waals surface area contributed by atoms with E-state index >= 15 is 0 Å². The van der Waals surface area contributed by atoms with E-state index in [-0.39, 0.29) is 28.4 Å². The Hall–Kier alpha value is -3.39. The molecule has 0 aliphatic rings. The molecule has 8 heteroatoms. The van der Waals surface area contributed by atoms with Gasteiger partial charge in [0.1, 0.15) is 15.6 Å². The lowest BCUT2D eigenvalue weighted by Gasteiger charge is -2.02. The Bertz CT molecular complexity index is 1010. The van der Waals surface area contributed by atoms with Crippen molar-refractivity contribution in [2.45, 2.75) is 6.92 Å². The zero-order valence-corrected chi connectivity index (χ0v) is 15.1. The van der Waals surface area contributed by atoms with Crippen LogP contribution in [0.25, 0.3) is 10.6 Å². The Balaban J connectivity index is 2.08. The molecule has 3 aromatic rings. The Morgan fingerprint density at radius 2 is 1.89 bits per heavy atom. The minimum Gasteiger partial charge on any atom is -0.462 e. The van der Waals surface area contributed by atoms with Crippen LogP contribution in [0.5, 0.6) is 0 Å². The van der Waals surface area contributed by atoms with E-state index in [2.05, 4.69) is 4.98 Å². The number of rotatable bonds is 6. The second-order valence-electron chi connectivity index (χ2n) is 5.42. The average Bonchev–Trinajstić information content (AvgIpc) is 3.14. The van der Waals surface area contributed by atoms with Gasteiger partial charge in [-0.1, -0.05) is 42.5 Å². The molecule has 0 N–H and O–H groups in total. The number of esters is 1. The second kappa shape index (κ2) is 7.88. The van der Waals surface area contributed by atoms with E-state index in [0.717, 1.165) is 16.9 Å². The molecule has 7 nitrogen and oxygen atoms in total. The molecule has 3 rings (SSSR count). The Morgan fingerprint density at radius 1 is 1.15 bits per heavy atom. The molecule has 0 atom stereocenters. The zero-order valence-electron chi connectivity index (χ0n) is 14.2. The molecule has 27 heavy (non-hydrogen) atoms. The van der Waals surface area contributed by atoms with Crippen molar-refractivity contribution in [3.05, 3.63) is 80.8 Å². The second-order valence-corrected chi connectivity index (χ2v) is 6.42. The number of nitro groups is 1. The first-order valence-electron chi connectivity index (χ1n) is 8.03. The Kier molecular flexibility index (Phi) is 5.37. The van der Waals surface area contributed by atoms with Crippen LogP contribution in [-0.4, -0.2) is 28.3 Å². The number of nitro benzene ring substituents is 1. The quantitative estimate of drug-likeness (QED) is 0.275. The van der Waals surface area contributed by atoms with Gasteiger partial charge in [-0.15, -0.1) is 11.3 Å². The summed E-state index contributed by atoms with van der Waals surface area (Å²) in [6.45, 7) is 1.82. The van der Waals surface area contributed by atoms with Gasteiger partial charge in [-0.3, -0.25) is 14.9 Å². The summed E-state index contributed by atoms with van der Waals surface area (Å²) in [5.74, 6) is -1.22. The molecule has 1 heterocycles. The third kappa shape index (κ3) is 3.90. The fourth-order valence-electron chi connectivity index (χ4n) is 2.41. The minimum absolute atomic E-state index is 0.0715. The Labute approximate surface area is 158 Å². The molecule has 0 unspecified atom stereocenters. The summed E-state index contributed by atoms with van der Waals surface area (Å²) in [4.78, 5) is 40.0. The minimum atomic E-state index is -0.647. The number of carbonyl (C=O) groups is 2. The first kappa shape index (κ1) is 18.4. The number of hydrogen-bond acceptors (Lipinski definition) is 7. The lowest BCUT2D eigenvalue weighted by Crippen LogP contribution is -2.11. The predicted molar refractivity (Wildman–Crippen MR) is 100 cm³/mol. The number of aromatic nitrogens is 1. The maximum Gasteiger partial charge on any atom is 0.350 e. The molecular weight excluding hydrogens is 368 g/mol. The number of nitrogens with zero attached hydrogens (tertiary/aromatic N) is 2. The molecule has 0 saturated heterocycles. The van der Waals surface area contributed by atoms with E-state index in [1.807, 2.05) is 30.3 Å². The maximum absolute atomic E-state index is 12.9. The van der Waals surface area contributed by atoms with Crippen molar-refractivity contribution in [1.82, 2.24) is 4.98 Å². The summed E-state index contributed by atoms with van der Waals surface area (Å²) in [6, 6.07) is 14.4. The van der Waals surface area contributed by atoms with Crippen LogP contribution >= 0.6 is 11.3 Å². The molecule has 0 radical (unpaired) electrons. The van der Waals surface area contributed by atoms with Gasteiger partial charge in [-0.05, 0) is 6.92 Å². The molecule has 0 fully saturated rings. The lowest BCUT2D eigenvalue weighted by molar-refractivity contribution is -0.384. The number of thiazole rings is 1. The monoisotopic (exact) mass is 382 g/mol. The van der Waals surface area contributed by atoms with Gasteiger partial charge in [0.2, 0.25) is 5.78 Å². The molecule has 0 aliphatic heterocycles. The summed E-state index contributed by atoms with van der Waals surface area (Å²) in [7, 11) is 0. The normalized spacial score (nSPS) is 10.4. The van der Waals surface area contributed by atoms with Gasteiger partial charge in [-0.2, -0.15) is 0 Å². The van der Waals surface area contributed by atoms with Crippen LogP contribution in [-0.2, 0) is 4.74 Å². The zero-order chi connectivity index (χ0) is 19.4. The summed E-state index contributed by atoms with van der Waals surface area (Å²) in [6.07, 6.45) is 0. The van der Waals surface area contributed by atoms with Crippen molar-refractivity contribution in [2.24, 2.45) is 0 Å². The van der Waals surface area contributed by atoms with Crippen molar-refractivity contribution in [1.29, 1.82) is 0 Å². The Morgan fingerprint density at radius 3 is 2.56 bits per heavy atom. The molecule has 0 amide bonds. The number of carbonyl (C=O) groups excluding carboxylic acids is 2. The van der Waals surface area contributed by atoms with E-state index in [4.69, 9.17) is 4.74 Å². The smallest absolute Gasteiger partial charge is 0.350 e. The molecule has 0 saturated carbocycles. The SMILES string of the molecule is CCOC(=O)c1sc(-c2ccccc2)nc1C(=O)c1cccc([N+](=O)[O-])c1. The molecule has 1 aromatic heterocycles. The third-order valence-electron chi connectivity index (χ3n) is 3.64. The van der Waals surface area contributed by atoms with Crippen molar-refractivity contribution in [2.75, 3.05) is 6.61 Å². The highest BCUT2D eigenvalue weighted by molar-refractivity contribution is 7.17. The van der Waals surface area contributed by atoms with Gasteiger partial charge in [-0.25, -0.2) is 9.78 Å². The van der Waals surface area contributed by atoms with Crippen LogP contribution in [0.1, 0.15) is 32.6 Å². The van der Waals surface area contributed by atoms with Crippen LogP contribution in [0.4, 0.5) is 5.69 Å². The summed E-state index contributed by atoms with van der Waals surface area (Å²) in [5.41, 5.74) is 0.556. The fraction of sp³-hybridized carbons (Fsp3) is 0.105. The van der Waals surface area contributed by atoms with Gasteiger partial charge < -0.3 is 4.74 Å². The summed E-state index contributed by atoms with van der Waals surface area (Å²) < 4.78 is 5.04. The van der Waals surface area contributed by atoms with E-state index in [0.29, 0.717) is 5.01 Å². The predicted octanol–water partition coefficient (Wildman–Crippen LogP) is 4.13. The standard InChI is InChI=1S/C19H14N2O5S/c1-2-26-19(23)17-15(20-18(27-17)12-7-4-3-5-8-12)16(22)13-9-6-10-14(11-13)21(24)25/h3-11H,2H2,1H3. The van der Waals surface area contributed by atoms with E-state index in [1.165, 1.54) is 24.3 Å². The first-order chi connectivity index (χ1) is 13.0. The van der Waals surface area contributed by atoms with Crippen molar-refractivity contribution in [3.8, 4) is 10.6 Å². The molecule has 0 spiro atoms. The molecule has 136 valence electrons. The lowest BCUT2D eigenvalue weighted by atomic mass is 10.1. The highest BCUT2D eigenvalue weighted by Gasteiger charge is 2.26. The van der Waals surface area contributed by atoms with Gasteiger partial charge >= 0.3 is 5.97 Å². The van der Waals surface area contributed by atoms with Gasteiger partial charge in [0.05, 0.1) is 11.5 Å². The first-order valence-corrected chi connectivity index (χ1v) is 8.85. The average molecular weight is 382 g/mol. The summed E-state index contributed by atoms with van der Waals surface area (Å²) >= 11 is 1.05. The van der Waals surface area contributed by atoms with Gasteiger partial charge in [0.25, 0.3) is 5.69 Å². The topological polar surface area (TPSA) is 99.4 Å². The largest absolute Gasteiger partial charge is 0.462 e. The van der Waals surface area contributed by atoms with E-state index in [9.17, 15) is 19.7 Å². The van der Waals surface area contributed by atoms with Crippen LogP contribution in [0.3, 0.4) is 0 Å². The van der Waals surface area contributed by atoms with Crippen molar-refractivity contribution >= 4 is 28.8 Å². The van der Waals surface area contributed by atoms with Crippen molar-refractivity contribution < 1.29 is 19.2 Å². The molecule has 0 aliphatic carbocycles.